The Bertz CT molecular complexity index is 723. The monoisotopic (exact) mass is 311 g/mol. The first-order valence-electron chi connectivity index (χ1n) is 8.36. The van der Waals surface area contributed by atoms with Crippen LogP contribution in [-0.2, 0) is 19.3 Å². The molecule has 5 heteroatoms. The second kappa shape index (κ2) is 6.07. The third-order valence-electron chi connectivity index (χ3n) is 4.78. The average Bonchev–Trinajstić information content (AvgIpc) is 3.03. The molecule has 1 atom stereocenters. The predicted octanol–water partition coefficient (Wildman–Crippen LogP) is 2.27. The number of fused-ring (bicyclic) bond motifs is 2. The van der Waals surface area contributed by atoms with Gasteiger partial charge in [0, 0.05) is 23.7 Å². The van der Waals surface area contributed by atoms with Crippen molar-refractivity contribution in [1.29, 1.82) is 0 Å². The van der Waals surface area contributed by atoms with Crippen molar-refractivity contribution < 1.29 is 9.53 Å². The lowest BCUT2D eigenvalue weighted by Crippen LogP contribution is -2.35. The third kappa shape index (κ3) is 2.83. The van der Waals surface area contributed by atoms with Gasteiger partial charge in [0.15, 0.2) is 5.69 Å². The molecule has 1 aliphatic heterocycles. The summed E-state index contributed by atoms with van der Waals surface area (Å²) in [4.78, 5) is 12.4. The van der Waals surface area contributed by atoms with Gasteiger partial charge in [0.25, 0.3) is 5.91 Å². The summed E-state index contributed by atoms with van der Waals surface area (Å²) in [6.07, 6.45) is 5.21. The second-order valence-corrected chi connectivity index (χ2v) is 6.44. The molecule has 2 aromatic rings. The molecule has 0 bridgehead atoms. The number of nitrogens with zero attached hydrogens (tertiary/aromatic N) is 1. The molecule has 0 saturated heterocycles. The molecular formula is C18H21N3O2. The summed E-state index contributed by atoms with van der Waals surface area (Å²) in [6.45, 7) is 1.27. The van der Waals surface area contributed by atoms with Gasteiger partial charge in [-0.2, -0.15) is 5.10 Å². The number of hydrogen-bond acceptors (Lipinski definition) is 3. The van der Waals surface area contributed by atoms with Gasteiger partial charge in [-0.3, -0.25) is 9.89 Å². The molecule has 120 valence electrons. The Hall–Kier alpha value is -2.30. The van der Waals surface area contributed by atoms with Crippen LogP contribution in [0.25, 0.3) is 0 Å². The van der Waals surface area contributed by atoms with Crippen LogP contribution in [0.2, 0.25) is 0 Å². The Labute approximate surface area is 135 Å². The molecule has 0 spiro atoms. The number of aryl methyl sites for hydroxylation is 1. The summed E-state index contributed by atoms with van der Waals surface area (Å²) in [5.74, 6) is 1.21. The highest BCUT2D eigenvalue weighted by Crippen LogP contribution is 2.26. The zero-order valence-corrected chi connectivity index (χ0v) is 13.1. The molecule has 0 radical (unpaired) electrons. The van der Waals surface area contributed by atoms with Gasteiger partial charge in [-0.1, -0.05) is 18.2 Å². The molecular weight excluding hydrogens is 290 g/mol. The topological polar surface area (TPSA) is 67.0 Å². The standard InChI is InChI=1S/C18H21N3O2/c22-18(17-14-6-2-3-7-15(14)20-21-17)19-10-12-9-13-5-1-4-8-16(13)23-11-12/h1,4-5,8,12H,2-3,6-7,9-11H2,(H,19,22)(H,20,21). The highest BCUT2D eigenvalue weighted by atomic mass is 16.5. The fraction of sp³-hybridized carbons (Fsp3) is 0.444. The maximum Gasteiger partial charge on any atom is 0.272 e. The van der Waals surface area contributed by atoms with Crippen LogP contribution >= 0.6 is 0 Å². The number of H-pyrrole nitrogens is 1. The number of ether oxygens (including phenoxy) is 1. The van der Waals surface area contributed by atoms with Crippen LogP contribution in [0.4, 0.5) is 0 Å². The van der Waals surface area contributed by atoms with Gasteiger partial charge in [-0.15, -0.1) is 0 Å². The number of rotatable bonds is 3. The number of hydrogen-bond donors (Lipinski definition) is 2. The lowest BCUT2D eigenvalue weighted by molar-refractivity contribution is 0.0933. The zero-order valence-electron chi connectivity index (χ0n) is 13.1. The third-order valence-corrected chi connectivity index (χ3v) is 4.78. The number of nitrogens with one attached hydrogen (secondary N) is 2. The van der Waals surface area contributed by atoms with Crippen LogP contribution in [0.15, 0.2) is 24.3 Å². The Morgan fingerprint density at radius 1 is 1.30 bits per heavy atom. The minimum Gasteiger partial charge on any atom is -0.493 e. The number of amides is 1. The highest BCUT2D eigenvalue weighted by molar-refractivity contribution is 5.94. The van der Waals surface area contributed by atoms with Gasteiger partial charge >= 0.3 is 0 Å². The van der Waals surface area contributed by atoms with Crippen LogP contribution in [-0.4, -0.2) is 29.3 Å². The highest BCUT2D eigenvalue weighted by Gasteiger charge is 2.24. The predicted molar refractivity (Wildman–Crippen MR) is 86.7 cm³/mol. The molecule has 5 nitrogen and oxygen atoms in total. The van der Waals surface area contributed by atoms with Gasteiger partial charge in [-0.05, 0) is 43.7 Å². The van der Waals surface area contributed by atoms with Gasteiger partial charge in [-0.25, -0.2) is 0 Å². The largest absolute Gasteiger partial charge is 0.493 e. The van der Waals surface area contributed by atoms with Crippen molar-refractivity contribution >= 4 is 5.91 Å². The average molecular weight is 311 g/mol. The van der Waals surface area contributed by atoms with Gasteiger partial charge in [0.2, 0.25) is 0 Å². The molecule has 23 heavy (non-hydrogen) atoms. The molecule has 4 rings (SSSR count). The van der Waals surface area contributed by atoms with E-state index in [2.05, 4.69) is 21.6 Å². The fourth-order valence-electron chi connectivity index (χ4n) is 3.51. The van der Waals surface area contributed by atoms with Crippen molar-refractivity contribution in [3.8, 4) is 5.75 Å². The quantitative estimate of drug-likeness (QED) is 0.914. The Morgan fingerprint density at radius 3 is 3.13 bits per heavy atom. The molecule has 2 N–H and O–H groups in total. The number of para-hydroxylation sites is 1. The van der Waals surface area contributed by atoms with Crippen molar-refractivity contribution in [2.75, 3.05) is 13.2 Å². The van der Waals surface area contributed by atoms with Gasteiger partial charge in [0.1, 0.15) is 5.75 Å². The van der Waals surface area contributed by atoms with Crippen molar-refractivity contribution in [2.45, 2.75) is 32.1 Å². The van der Waals surface area contributed by atoms with E-state index in [0.29, 0.717) is 24.8 Å². The summed E-state index contributed by atoms with van der Waals surface area (Å²) in [5, 5.41) is 10.3. The normalized spacial score (nSPS) is 19.4. The van der Waals surface area contributed by atoms with E-state index in [1.807, 2.05) is 18.2 Å². The Morgan fingerprint density at radius 2 is 2.17 bits per heavy atom. The molecule has 1 aromatic carbocycles. The number of carbonyl (C=O) groups excluding carboxylic acids is 1. The minimum absolute atomic E-state index is 0.0664. The van der Waals surface area contributed by atoms with E-state index >= 15 is 0 Å². The van der Waals surface area contributed by atoms with E-state index in [4.69, 9.17) is 4.74 Å². The van der Waals surface area contributed by atoms with Crippen molar-refractivity contribution in [3.05, 3.63) is 46.8 Å². The first-order chi connectivity index (χ1) is 11.3. The molecule has 0 saturated carbocycles. The number of carbonyl (C=O) groups is 1. The maximum absolute atomic E-state index is 12.4. The van der Waals surface area contributed by atoms with E-state index in [1.54, 1.807) is 0 Å². The smallest absolute Gasteiger partial charge is 0.272 e. The van der Waals surface area contributed by atoms with Crippen LogP contribution in [0.1, 0.15) is 40.2 Å². The molecule has 1 aromatic heterocycles. The number of aromatic amines is 1. The van der Waals surface area contributed by atoms with E-state index < -0.39 is 0 Å². The van der Waals surface area contributed by atoms with Gasteiger partial charge in [0.05, 0.1) is 6.61 Å². The first kappa shape index (κ1) is 14.3. The molecule has 1 unspecified atom stereocenters. The molecule has 2 heterocycles. The van der Waals surface area contributed by atoms with Crippen LogP contribution < -0.4 is 10.1 Å². The van der Waals surface area contributed by atoms with E-state index in [1.165, 1.54) is 12.0 Å². The number of aromatic nitrogens is 2. The lowest BCUT2D eigenvalue weighted by atomic mass is 9.95. The van der Waals surface area contributed by atoms with Crippen LogP contribution in [0, 0.1) is 5.92 Å². The molecule has 1 aliphatic carbocycles. The SMILES string of the molecule is O=C(NCC1COc2ccccc2C1)c1n[nH]c2c1CCCC2. The Kier molecular flexibility index (Phi) is 3.77. The summed E-state index contributed by atoms with van der Waals surface area (Å²) >= 11 is 0. The van der Waals surface area contributed by atoms with Gasteiger partial charge < -0.3 is 10.1 Å². The fourth-order valence-corrected chi connectivity index (χ4v) is 3.51. The minimum atomic E-state index is -0.0664. The first-order valence-corrected chi connectivity index (χ1v) is 8.36. The summed E-state index contributed by atoms with van der Waals surface area (Å²) in [6, 6.07) is 8.11. The zero-order chi connectivity index (χ0) is 15.6. The van der Waals surface area contributed by atoms with E-state index in [0.717, 1.165) is 42.7 Å². The second-order valence-electron chi connectivity index (χ2n) is 6.44. The summed E-state index contributed by atoms with van der Waals surface area (Å²) in [7, 11) is 0. The summed E-state index contributed by atoms with van der Waals surface area (Å²) in [5.41, 5.74) is 4.04. The van der Waals surface area contributed by atoms with Crippen LogP contribution in [0.3, 0.4) is 0 Å². The molecule has 0 fully saturated rings. The Balaban J connectivity index is 1.38. The van der Waals surface area contributed by atoms with Crippen molar-refractivity contribution in [2.24, 2.45) is 5.92 Å². The van der Waals surface area contributed by atoms with E-state index in [-0.39, 0.29) is 5.91 Å². The molecule has 1 amide bonds. The van der Waals surface area contributed by atoms with E-state index in [9.17, 15) is 4.79 Å². The summed E-state index contributed by atoms with van der Waals surface area (Å²) < 4.78 is 5.78. The maximum atomic E-state index is 12.4. The van der Waals surface area contributed by atoms with Crippen molar-refractivity contribution in [3.63, 3.8) is 0 Å². The molecule has 2 aliphatic rings. The van der Waals surface area contributed by atoms with Crippen molar-refractivity contribution in [1.82, 2.24) is 15.5 Å². The lowest BCUT2D eigenvalue weighted by Gasteiger charge is -2.25. The number of benzene rings is 1. The van der Waals surface area contributed by atoms with Crippen LogP contribution in [0.5, 0.6) is 5.75 Å².